The fraction of sp³-hybridized carbons (Fsp3) is 0.444. The highest BCUT2D eigenvalue weighted by molar-refractivity contribution is 7.33. The summed E-state index contributed by atoms with van der Waals surface area (Å²) in [5.74, 6) is 0.426. The van der Waals surface area contributed by atoms with E-state index in [1.165, 1.54) is 29.9 Å². The second kappa shape index (κ2) is 10.4. The van der Waals surface area contributed by atoms with Crippen molar-refractivity contribution >= 4 is 42.2 Å². The number of rotatable bonds is 10. The van der Waals surface area contributed by atoms with Crippen LogP contribution in [-0.2, 0) is 29.8 Å². The van der Waals surface area contributed by atoms with E-state index in [4.69, 9.17) is 30.0 Å². The first-order valence-corrected chi connectivity index (χ1v) is 11.9. The molecule has 6 N–H and O–H groups in total. The van der Waals surface area contributed by atoms with E-state index in [1.807, 2.05) is 0 Å². The van der Waals surface area contributed by atoms with Gasteiger partial charge in [0.15, 0.2) is 29.2 Å². The third-order valence-corrected chi connectivity index (χ3v) is 6.39. The summed E-state index contributed by atoms with van der Waals surface area (Å²) in [6.45, 7) is -0.361. The number of anilines is 2. The van der Waals surface area contributed by atoms with Crippen LogP contribution in [0, 0.1) is 0 Å². The third-order valence-electron chi connectivity index (χ3n) is 5.49. The monoisotopic (exact) mass is 522 g/mol. The Labute approximate surface area is 203 Å². The van der Waals surface area contributed by atoms with E-state index in [-0.39, 0.29) is 31.6 Å². The molecule has 0 aliphatic carbocycles. The lowest BCUT2D eigenvalue weighted by Crippen LogP contribution is -2.34. The minimum Gasteiger partial charge on any atom is -0.394 e. The van der Waals surface area contributed by atoms with Gasteiger partial charge in [-0.25, -0.2) is 29.9 Å². The second-order valence-corrected chi connectivity index (χ2v) is 8.71. The molecule has 0 saturated carbocycles. The molecule has 1 aliphatic heterocycles. The maximum atomic E-state index is 12.4. The predicted octanol–water partition coefficient (Wildman–Crippen LogP) is -1.15. The lowest BCUT2D eigenvalue weighted by Gasteiger charge is -2.19. The molecule has 0 amide bonds. The van der Waals surface area contributed by atoms with E-state index >= 15 is 0 Å². The quantitative estimate of drug-likeness (QED) is 0.142. The molecule has 17 nitrogen and oxygen atoms in total. The normalized spacial score (nSPS) is 23.1. The molecule has 4 aromatic rings. The van der Waals surface area contributed by atoms with E-state index in [1.54, 1.807) is 4.57 Å². The molecule has 36 heavy (non-hydrogen) atoms. The fourth-order valence-corrected chi connectivity index (χ4v) is 4.61. The van der Waals surface area contributed by atoms with Crippen molar-refractivity contribution in [2.45, 2.75) is 31.3 Å². The van der Waals surface area contributed by atoms with Crippen molar-refractivity contribution in [1.29, 1.82) is 0 Å². The molecule has 0 aromatic carbocycles. The van der Waals surface area contributed by atoms with Gasteiger partial charge < -0.3 is 40.2 Å². The van der Waals surface area contributed by atoms with Crippen molar-refractivity contribution in [3.05, 3.63) is 25.3 Å². The molecule has 5 atom stereocenters. The molecule has 5 heterocycles. The summed E-state index contributed by atoms with van der Waals surface area (Å²) in [6, 6.07) is 0. The van der Waals surface area contributed by atoms with Crippen molar-refractivity contribution in [1.82, 2.24) is 39.0 Å². The van der Waals surface area contributed by atoms with Crippen molar-refractivity contribution in [3.8, 4) is 0 Å². The fourth-order valence-electron chi connectivity index (χ4n) is 3.78. The topological polar surface area (TPSA) is 234 Å². The van der Waals surface area contributed by atoms with Crippen LogP contribution in [-0.4, -0.2) is 87.4 Å². The van der Waals surface area contributed by atoms with Crippen molar-refractivity contribution in [3.63, 3.8) is 0 Å². The Kier molecular flexibility index (Phi) is 7.01. The van der Waals surface area contributed by atoms with Crippen LogP contribution in [0.3, 0.4) is 0 Å². The van der Waals surface area contributed by atoms with Crippen LogP contribution in [0.5, 0.6) is 0 Å². The Balaban J connectivity index is 1.14. The van der Waals surface area contributed by atoms with Gasteiger partial charge in [0.05, 0.1) is 32.5 Å². The number of fused-ring (bicyclic) bond motifs is 2. The summed E-state index contributed by atoms with van der Waals surface area (Å²) >= 11 is 0. The van der Waals surface area contributed by atoms with E-state index in [9.17, 15) is 14.8 Å². The smallest absolute Gasteiger partial charge is 0.319 e. The summed E-state index contributed by atoms with van der Waals surface area (Å²) < 4.78 is 37.3. The molecule has 1 aliphatic rings. The Morgan fingerprint density at radius 3 is 2.44 bits per heavy atom. The average Bonchev–Trinajstić information content (AvgIpc) is 3.56. The molecule has 0 radical (unpaired) electrons. The number of nitrogens with zero attached hydrogens (tertiary/aromatic N) is 8. The van der Waals surface area contributed by atoms with Crippen LogP contribution in [0.2, 0.25) is 0 Å². The minimum absolute atomic E-state index is 0.0548. The Hall–Kier alpha value is -3.31. The second-order valence-electron chi connectivity index (χ2n) is 7.68. The average molecular weight is 522 g/mol. The van der Waals surface area contributed by atoms with E-state index in [2.05, 4.69) is 29.9 Å². The molecule has 0 bridgehead atoms. The lowest BCUT2D eigenvalue weighted by molar-refractivity contribution is -0.0505. The standard InChI is InChI=1S/C18H23N10O7P/c19-14-10-16(23-4-21-14)27(6-25-10)8-32-1-2-33-36(31)35-13-9(3-29)34-18(12(13)30)28-7-26-11-15(20)22-5-24-17(11)28/h4-7,9,12-13,18,29-30,36H,1-3,8H2,(H2,19,21,23)(H2,20,22,24)/t9-,12+,13-,18-/m1/s1. The number of imidazole rings is 2. The van der Waals surface area contributed by atoms with Gasteiger partial charge in [0.1, 0.15) is 48.7 Å². The highest BCUT2D eigenvalue weighted by Gasteiger charge is 2.46. The number of aliphatic hydroxyl groups excluding tert-OH is 2. The van der Waals surface area contributed by atoms with Crippen LogP contribution in [0.25, 0.3) is 22.3 Å². The Morgan fingerprint density at radius 2 is 1.69 bits per heavy atom. The van der Waals surface area contributed by atoms with Crippen LogP contribution in [0.15, 0.2) is 25.3 Å². The summed E-state index contributed by atoms with van der Waals surface area (Å²) in [4.78, 5) is 24.2. The molecule has 1 unspecified atom stereocenters. The van der Waals surface area contributed by atoms with Gasteiger partial charge in [-0.15, -0.1) is 0 Å². The molecular formula is C18H23N10O7P. The zero-order chi connectivity index (χ0) is 25.2. The molecule has 192 valence electrons. The van der Waals surface area contributed by atoms with Crippen LogP contribution < -0.4 is 11.5 Å². The zero-order valence-corrected chi connectivity index (χ0v) is 19.6. The van der Waals surface area contributed by atoms with Gasteiger partial charge >= 0.3 is 8.25 Å². The minimum atomic E-state index is -3.07. The lowest BCUT2D eigenvalue weighted by atomic mass is 10.1. The molecule has 4 aromatic heterocycles. The van der Waals surface area contributed by atoms with Crippen molar-refractivity contribution < 1.29 is 33.3 Å². The van der Waals surface area contributed by atoms with Crippen molar-refractivity contribution in [2.24, 2.45) is 0 Å². The maximum absolute atomic E-state index is 12.4. The van der Waals surface area contributed by atoms with Gasteiger partial charge in [-0.05, 0) is 0 Å². The van der Waals surface area contributed by atoms with Gasteiger partial charge in [-0.1, -0.05) is 0 Å². The largest absolute Gasteiger partial charge is 0.394 e. The van der Waals surface area contributed by atoms with Crippen LogP contribution in [0.1, 0.15) is 6.23 Å². The third kappa shape index (κ3) is 4.60. The van der Waals surface area contributed by atoms with Gasteiger partial charge in [0.25, 0.3) is 0 Å². The number of nitrogens with two attached hydrogens (primary N) is 2. The Morgan fingerprint density at radius 1 is 1.00 bits per heavy atom. The zero-order valence-electron chi connectivity index (χ0n) is 18.6. The SMILES string of the molecule is Nc1ncnc2c1ncn2COCCO[PH](=O)O[C@H]1[C@H](O)[C@H](n2cnc3c(N)ncnc32)O[C@@H]1CO. The summed E-state index contributed by atoms with van der Waals surface area (Å²) in [5.41, 5.74) is 13.2. The van der Waals surface area contributed by atoms with Crippen LogP contribution in [0.4, 0.5) is 11.6 Å². The van der Waals surface area contributed by atoms with Crippen molar-refractivity contribution in [2.75, 3.05) is 31.3 Å². The van der Waals surface area contributed by atoms with Crippen LogP contribution >= 0.6 is 8.25 Å². The molecule has 0 spiro atoms. The molecule has 18 heteroatoms. The summed E-state index contributed by atoms with van der Waals surface area (Å²) in [6.07, 6.45) is 1.03. The maximum Gasteiger partial charge on any atom is 0.319 e. The molecule has 5 rings (SSSR count). The molecule has 1 fully saturated rings. The number of hydrogen-bond donors (Lipinski definition) is 4. The van der Waals surface area contributed by atoms with Gasteiger partial charge in [0, 0.05) is 0 Å². The van der Waals surface area contributed by atoms with E-state index in [0.717, 1.165) is 0 Å². The first kappa shape index (κ1) is 24.4. The first-order chi connectivity index (χ1) is 17.5. The Bertz CT molecular complexity index is 1380. The highest BCUT2D eigenvalue weighted by atomic mass is 31.1. The van der Waals surface area contributed by atoms with Gasteiger partial charge in [0.2, 0.25) is 0 Å². The molecule has 1 saturated heterocycles. The highest BCUT2D eigenvalue weighted by Crippen LogP contribution is 2.38. The summed E-state index contributed by atoms with van der Waals surface area (Å²) in [7, 11) is -3.07. The first-order valence-electron chi connectivity index (χ1n) is 10.7. The van der Waals surface area contributed by atoms with E-state index < -0.39 is 39.4 Å². The number of hydrogen-bond acceptors (Lipinski definition) is 15. The number of ether oxygens (including phenoxy) is 2. The molecular weight excluding hydrogens is 499 g/mol. The van der Waals surface area contributed by atoms with E-state index in [0.29, 0.717) is 22.3 Å². The number of aliphatic hydroxyl groups is 2. The predicted molar refractivity (Wildman–Crippen MR) is 122 cm³/mol. The number of nitrogen functional groups attached to an aromatic ring is 2. The number of aromatic nitrogens is 8. The summed E-state index contributed by atoms with van der Waals surface area (Å²) in [5, 5.41) is 20.5. The van der Waals surface area contributed by atoms with Gasteiger partial charge in [-0.3, -0.25) is 13.7 Å². The van der Waals surface area contributed by atoms with Gasteiger partial charge in [-0.2, -0.15) is 0 Å².